The summed E-state index contributed by atoms with van der Waals surface area (Å²) in [6.07, 6.45) is 0. The van der Waals surface area contributed by atoms with E-state index in [1.807, 2.05) is 23.1 Å². The van der Waals surface area contributed by atoms with Crippen LogP contribution in [0.5, 0.6) is 0 Å². The third-order valence-electron chi connectivity index (χ3n) is 3.26. The van der Waals surface area contributed by atoms with E-state index in [1.54, 1.807) is 6.92 Å². The van der Waals surface area contributed by atoms with Crippen molar-refractivity contribution in [1.82, 2.24) is 9.80 Å². The van der Waals surface area contributed by atoms with Crippen molar-refractivity contribution < 1.29 is 4.79 Å². The summed E-state index contributed by atoms with van der Waals surface area (Å²) in [5.41, 5.74) is 1.18. The maximum absolute atomic E-state index is 12.0. The molecule has 0 aliphatic carbocycles. The first-order valence-electron chi connectivity index (χ1n) is 6.19. The normalized spacial score (nSPS) is 20.1. The van der Waals surface area contributed by atoms with E-state index in [1.165, 1.54) is 5.56 Å². The molecule has 0 radical (unpaired) electrons. The Morgan fingerprint density at radius 3 is 2.67 bits per heavy atom. The number of amides is 1. The van der Waals surface area contributed by atoms with Gasteiger partial charge < -0.3 is 9.80 Å². The van der Waals surface area contributed by atoms with Gasteiger partial charge in [0.05, 0.1) is 6.04 Å². The molecule has 1 aromatic carbocycles. The molecule has 1 saturated heterocycles. The van der Waals surface area contributed by atoms with Gasteiger partial charge >= 0.3 is 0 Å². The Kier molecular flexibility index (Phi) is 4.01. The number of rotatable bonds is 1. The predicted octanol–water partition coefficient (Wildman–Crippen LogP) is 1.52. The second-order valence-corrected chi connectivity index (χ2v) is 4.56. The molecule has 1 heterocycles. The van der Waals surface area contributed by atoms with Crippen LogP contribution in [0.3, 0.4) is 0 Å². The Morgan fingerprint density at radius 1 is 1.28 bits per heavy atom. The van der Waals surface area contributed by atoms with E-state index in [9.17, 15) is 4.79 Å². The Labute approximate surface area is 108 Å². The molecule has 0 bridgehead atoms. The zero-order valence-corrected chi connectivity index (χ0v) is 10.9. The lowest BCUT2D eigenvalue weighted by Gasteiger charge is -2.39. The molecule has 0 aromatic heterocycles. The van der Waals surface area contributed by atoms with Crippen LogP contribution in [-0.2, 0) is 4.79 Å². The van der Waals surface area contributed by atoms with E-state index in [-0.39, 0.29) is 11.9 Å². The van der Waals surface area contributed by atoms with Crippen molar-refractivity contribution in [3.05, 3.63) is 35.9 Å². The molecule has 1 aromatic rings. The van der Waals surface area contributed by atoms with E-state index in [0.29, 0.717) is 0 Å². The zero-order valence-electron chi connectivity index (χ0n) is 10.9. The number of likely N-dealkylation sites (N-methyl/N-ethyl adjacent to an activating group) is 1. The van der Waals surface area contributed by atoms with Gasteiger partial charge in [-0.05, 0) is 25.5 Å². The van der Waals surface area contributed by atoms with Gasteiger partial charge in [-0.3, -0.25) is 4.79 Å². The van der Waals surface area contributed by atoms with Gasteiger partial charge in [0, 0.05) is 19.6 Å². The summed E-state index contributed by atoms with van der Waals surface area (Å²) in [6, 6.07) is 10.3. The fourth-order valence-electron chi connectivity index (χ4n) is 2.30. The first-order chi connectivity index (χ1) is 8.72. The van der Waals surface area contributed by atoms with Crippen LogP contribution in [0.25, 0.3) is 0 Å². The van der Waals surface area contributed by atoms with E-state index < -0.39 is 0 Å². The van der Waals surface area contributed by atoms with Crippen molar-refractivity contribution in [3.63, 3.8) is 0 Å². The number of carbonyl (C=O) groups excluding carboxylic acids is 1. The number of hydrogen-bond acceptors (Lipinski definition) is 2. The Balaban J connectivity index is 2.26. The molecule has 0 saturated carbocycles. The van der Waals surface area contributed by atoms with Crippen molar-refractivity contribution in [3.8, 4) is 11.8 Å². The second-order valence-electron chi connectivity index (χ2n) is 4.56. The molecule has 3 heteroatoms. The lowest BCUT2D eigenvalue weighted by molar-refractivity contribution is -0.129. The number of hydrogen-bond donors (Lipinski definition) is 0. The first-order valence-corrected chi connectivity index (χ1v) is 6.19. The molecule has 1 fully saturated rings. The van der Waals surface area contributed by atoms with Gasteiger partial charge in [0.2, 0.25) is 0 Å². The highest BCUT2D eigenvalue weighted by atomic mass is 16.2. The van der Waals surface area contributed by atoms with Gasteiger partial charge in [-0.15, -0.1) is 0 Å². The maximum atomic E-state index is 12.0. The molecule has 1 unspecified atom stereocenters. The summed E-state index contributed by atoms with van der Waals surface area (Å²) in [6.45, 7) is 4.21. The minimum atomic E-state index is -0.0700. The molecule has 3 nitrogen and oxygen atoms in total. The van der Waals surface area contributed by atoms with Gasteiger partial charge in [0.1, 0.15) is 0 Å². The van der Waals surface area contributed by atoms with Gasteiger partial charge in [-0.2, -0.15) is 0 Å². The van der Waals surface area contributed by atoms with Gasteiger partial charge in [0.25, 0.3) is 5.91 Å². The molecule has 1 aliphatic rings. The molecule has 1 aliphatic heterocycles. The van der Waals surface area contributed by atoms with Crippen molar-refractivity contribution in [2.75, 3.05) is 26.7 Å². The Morgan fingerprint density at radius 2 is 2.00 bits per heavy atom. The van der Waals surface area contributed by atoms with E-state index in [0.717, 1.165) is 19.6 Å². The molecular weight excluding hydrogens is 224 g/mol. The summed E-state index contributed by atoms with van der Waals surface area (Å²) in [4.78, 5) is 16.2. The molecule has 18 heavy (non-hydrogen) atoms. The fraction of sp³-hybridized carbons (Fsp3) is 0.400. The molecule has 1 amide bonds. The summed E-state index contributed by atoms with van der Waals surface area (Å²) < 4.78 is 0. The lowest BCUT2D eigenvalue weighted by atomic mass is 10.0. The Hall–Kier alpha value is -1.79. The largest absolute Gasteiger partial charge is 0.322 e. The van der Waals surface area contributed by atoms with E-state index in [4.69, 9.17) is 0 Å². The smallest absolute Gasteiger partial charge is 0.299 e. The SMILES string of the molecule is CC#CC(=O)N1CCN(C)CC1c1ccccc1. The molecule has 0 spiro atoms. The van der Waals surface area contributed by atoms with Crippen LogP contribution in [0.4, 0.5) is 0 Å². The van der Waals surface area contributed by atoms with Crippen LogP contribution in [0.2, 0.25) is 0 Å². The summed E-state index contributed by atoms with van der Waals surface area (Å²) in [5.74, 6) is 5.27. The summed E-state index contributed by atoms with van der Waals surface area (Å²) >= 11 is 0. The molecular formula is C15H18N2O. The quantitative estimate of drug-likeness (QED) is 0.697. The molecule has 2 rings (SSSR count). The highest BCUT2D eigenvalue weighted by Crippen LogP contribution is 2.24. The average molecular weight is 242 g/mol. The summed E-state index contributed by atoms with van der Waals surface area (Å²) in [5, 5.41) is 0. The number of nitrogens with zero attached hydrogens (tertiary/aromatic N) is 2. The van der Waals surface area contributed by atoms with Crippen LogP contribution in [0.15, 0.2) is 30.3 Å². The zero-order chi connectivity index (χ0) is 13.0. The van der Waals surface area contributed by atoms with Crippen LogP contribution in [0, 0.1) is 11.8 Å². The van der Waals surface area contributed by atoms with Crippen LogP contribution in [0.1, 0.15) is 18.5 Å². The number of benzene rings is 1. The standard InChI is InChI=1S/C15H18N2O/c1-3-7-15(18)17-11-10-16(2)12-14(17)13-8-5-4-6-9-13/h4-6,8-9,14H,10-12H2,1-2H3. The fourth-order valence-corrected chi connectivity index (χ4v) is 2.30. The average Bonchev–Trinajstić information content (AvgIpc) is 2.40. The number of piperazine rings is 1. The highest BCUT2D eigenvalue weighted by molar-refractivity contribution is 5.93. The van der Waals surface area contributed by atoms with Crippen LogP contribution < -0.4 is 0 Å². The van der Waals surface area contributed by atoms with Gasteiger partial charge in [-0.1, -0.05) is 36.3 Å². The van der Waals surface area contributed by atoms with Crippen molar-refractivity contribution in [1.29, 1.82) is 0 Å². The monoisotopic (exact) mass is 242 g/mol. The highest BCUT2D eigenvalue weighted by Gasteiger charge is 2.29. The van der Waals surface area contributed by atoms with Gasteiger partial charge in [0.15, 0.2) is 0 Å². The summed E-state index contributed by atoms with van der Waals surface area (Å²) in [7, 11) is 2.09. The maximum Gasteiger partial charge on any atom is 0.299 e. The molecule has 0 N–H and O–H groups in total. The lowest BCUT2D eigenvalue weighted by Crippen LogP contribution is -2.48. The first kappa shape index (κ1) is 12.7. The van der Waals surface area contributed by atoms with E-state index in [2.05, 4.69) is 35.9 Å². The van der Waals surface area contributed by atoms with Crippen molar-refractivity contribution in [2.45, 2.75) is 13.0 Å². The predicted molar refractivity (Wildman–Crippen MR) is 71.8 cm³/mol. The van der Waals surface area contributed by atoms with Crippen LogP contribution in [-0.4, -0.2) is 42.4 Å². The Bertz CT molecular complexity index is 472. The van der Waals surface area contributed by atoms with E-state index >= 15 is 0 Å². The van der Waals surface area contributed by atoms with Crippen molar-refractivity contribution >= 4 is 5.91 Å². The number of carbonyl (C=O) groups is 1. The third-order valence-corrected chi connectivity index (χ3v) is 3.26. The topological polar surface area (TPSA) is 23.6 Å². The minimum Gasteiger partial charge on any atom is -0.322 e. The third kappa shape index (κ3) is 2.72. The van der Waals surface area contributed by atoms with Crippen LogP contribution >= 0.6 is 0 Å². The molecule has 1 atom stereocenters. The second kappa shape index (κ2) is 5.70. The molecule has 94 valence electrons. The minimum absolute atomic E-state index is 0.0700. The van der Waals surface area contributed by atoms with Gasteiger partial charge in [-0.25, -0.2) is 0 Å². The van der Waals surface area contributed by atoms with Crippen molar-refractivity contribution in [2.24, 2.45) is 0 Å².